The van der Waals surface area contributed by atoms with Gasteiger partial charge in [-0.25, -0.2) is 0 Å². The largest absolute Gasteiger partial charge is 0.325 e. The lowest BCUT2D eigenvalue weighted by Crippen LogP contribution is -2.41. The summed E-state index contributed by atoms with van der Waals surface area (Å²) in [7, 11) is 0. The molecule has 0 saturated heterocycles. The molecule has 2 rings (SSSR count). The smallest absolute Gasteiger partial charge is 0.0270 e. The van der Waals surface area contributed by atoms with Crippen LogP contribution in [0.1, 0.15) is 51.5 Å². The molecule has 2 heteroatoms. The lowest BCUT2D eigenvalue weighted by molar-refractivity contribution is 0.297. The maximum absolute atomic E-state index is 6.59. The van der Waals surface area contributed by atoms with E-state index in [1.165, 1.54) is 24.8 Å². The molecule has 1 aromatic heterocycles. The predicted octanol–water partition coefficient (Wildman–Crippen LogP) is 3.31. The SMILES string of the molecule is CC1(C)CCCC(N)(Cc2ccncc2)CC1. The zero-order valence-corrected chi connectivity index (χ0v) is 11.1. The van der Waals surface area contributed by atoms with Crippen LogP contribution in [0, 0.1) is 5.41 Å². The van der Waals surface area contributed by atoms with E-state index in [1.807, 2.05) is 12.4 Å². The highest BCUT2D eigenvalue weighted by molar-refractivity contribution is 5.14. The Bertz CT molecular complexity index is 358. The number of hydrogen-bond donors (Lipinski definition) is 1. The van der Waals surface area contributed by atoms with E-state index in [1.54, 1.807) is 0 Å². The third-order valence-corrected chi connectivity index (χ3v) is 4.13. The average Bonchev–Trinajstić information content (AvgIpc) is 2.40. The maximum atomic E-state index is 6.59. The van der Waals surface area contributed by atoms with E-state index in [9.17, 15) is 0 Å². The topological polar surface area (TPSA) is 38.9 Å². The van der Waals surface area contributed by atoms with Crippen LogP contribution < -0.4 is 5.73 Å². The van der Waals surface area contributed by atoms with Gasteiger partial charge in [-0.2, -0.15) is 0 Å². The van der Waals surface area contributed by atoms with Crippen LogP contribution in [0.15, 0.2) is 24.5 Å². The molecular formula is C15H24N2. The van der Waals surface area contributed by atoms with Gasteiger partial charge in [-0.15, -0.1) is 0 Å². The van der Waals surface area contributed by atoms with Gasteiger partial charge in [0.25, 0.3) is 0 Å². The average molecular weight is 232 g/mol. The fraction of sp³-hybridized carbons (Fsp3) is 0.667. The number of hydrogen-bond acceptors (Lipinski definition) is 2. The molecule has 0 radical (unpaired) electrons. The summed E-state index contributed by atoms with van der Waals surface area (Å²) in [6.07, 6.45) is 10.8. The molecule has 2 N–H and O–H groups in total. The van der Waals surface area contributed by atoms with Crippen LogP contribution in [0.3, 0.4) is 0 Å². The van der Waals surface area contributed by atoms with Crippen molar-refractivity contribution in [3.8, 4) is 0 Å². The molecule has 1 fully saturated rings. The Morgan fingerprint density at radius 3 is 2.53 bits per heavy atom. The third-order valence-electron chi connectivity index (χ3n) is 4.13. The van der Waals surface area contributed by atoms with E-state index in [4.69, 9.17) is 5.73 Å². The van der Waals surface area contributed by atoms with Crippen molar-refractivity contribution < 1.29 is 0 Å². The van der Waals surface area contributed by atoms with E-state index in [0.717, 1.165) is 19.3 Å². The Morgan fingerprint density at radius 2 is 1.82 bits per heavy atom. The second-order valence-electron chi connectivity index (χ2n) is 6.41. The molecule has 0 spiro atoms. The van der Waals surface area contributed by atoms with Crippen LogP contribution in [-0.4, -0.2) is 10.5 Å². The lowest BCUT2D eigenvalue weighted by atomic mass is 9.82. The molecule has 1 atom stereocenters. The first-order chi connectivity index (χ1) is 7.99. The standard InChI is InChI=1S/C15H24N2/c1-14(2)6-3-7-15(16,9-8-14)12-13-4-10-17-11-5-13/h4-5,10-11H,3,6-9,12,16H2,1-2H3. The molecular weight excluding hydrogens is 208 g/mol. The molecule has 1 aliphatic rings. The van der Waals surface area contributed by atoms with Gasteiger partial charge in [-0.3, -0.25) is 4.98 Å². The zero-order valence-electron chi connectivity index (χ0n) is 11.1. The molecule has 2 nitrogen and oxygen atoms in total. The first kappa shape index (κ1) is 12.6. The molecule has 0 aromatic carbocycles. The maximum Gasteiger partial charge on any atom is 0.0270 e. The highest BCUT2D eigenvalue weighted by Crippen LogP contribution is 2.38. The summed E-state index contributed by atoms with van der Waals surface area (Å²) in [5.41, 5.74) is 8.38. The van der Waals surface area contributed by atoms with Crippen molar-refractivity contribution in [2.24, 2.45) is 11.1 Å². The third kappa shape index (κ3) is 3.53. The van der Waals surface area contributed by atoms with E-state index < -0.39 is 0 Å². The first-order valence-electron chi connectivity index (χ1n) is 6.67. The highest BCUT2D eigenvalue weighted by Gasteiger charge is 2.32. The van der Waals surface area contributed by atoms with Crippen LogP contribution in [0.5, 0.6) is 0 Å². The van der Waals surface area contributed by atoms with Crippen molar-refractivity contribution >= 4 is 0 Å². The molecule has 0 aliphatic heterocycles. The number of nitrogens with zero attached hydrogens (tertiary/aromatic N) is 1. The Hall–Kier alpha value is -0.890. The van der Waals surface area contributed by atoms with Crippen molar-refractivity contribution in [1.82, 2.24) is 4.98 Å². The number of aromatic nitrogens is 1. The first-order valence-corrected chi connectivity index (χ1v) is 6.67. The molecule has 1 heterocycles. The van der Waals surface area contributed by atoms with Crippen LogP contribution in [0.25, 0.3) is 0 Å². The van der Waals surface area contributed by atoms with Gasteiger partial charge in [-0.05, 0) is 55.2 Å². The number of pyridine rings is 1. The van der Waals surface area contributed by atoms with Gasteiger partial charge in [0, 0.05) is 17.9 Å². The van der Waals surface area contributed by atoms with Gasteiger partial charge < -0.3 is 5.73 Å². The predicted molar refractivity (Wildman–Crippen MR) is 71.7 cm³/mol. The van der Waals surface area contributed by atoms with Gasteiger partial charge in [0.15, 0.2) is 0 Å². The van der Waals surface area contributed by atoms with Gasteiger partial charge in [0.2, 0.25) is 0 Å². The van der Waals surface area contributed by atoms with E-state index in [0.29, 0.717) is 5.41 Å². The van der Waals surface area contributed by atoms with Gasteiger partial charge in [0.1, 0.15) is 0 Å². The summed E-state index contributed by atoms with van der Waals surface area (Å²) in [6, 6.07) is 4.18. The molecule has 1 aliphatic carbocycles. The minimum Gasteiger partial charge on any atom is -0.325 e. The van der Waals surface area contributed by atoms with Crippen LogP contribution in [0.2, 0.25) is 0 Å². The minimum atomic E-state index is -0.00484. The van der Waals surface area contributed by atoms with Crippen LogP contribution in [-0.2, 0) is 6.42 Å². The van der Waals surface area contributed by atoms with E-state index >= 15 is 0 Å². The monoisotopic (exact) mass is 232 g/mol. The van der Waals surface area contributed by atoms with E-state index in [-0.39, 0.29) is 5.54 Å². The summed E-state index contributed by atoms with van der Waals surface area (Å²) in [6.45, 7) is 4.73. The van der Waals surface area contributed by atoms with Gasteiger partial charge >= 0.3 is 0 Å². The molecule has 94 valence electrons. The molecule has 0 bridgehead atoms. The fourth-order valence-electron chi connectivity index (χ4n) is 2.84. The molecule has 1 saturated carbocycles. The Balaban J connectivity index is 2.04. The highest BCUT2D eigenvalue weighted by atomic mass is 14.7. The normalized spacial score (nSPS) is 28.6. The Kier molecular flexibility index (Phi) is 3.53. The van der Waals surface area contributed by atoms with E-state index in [2.05, 4.69) is 31.0 Å². The summed E-state index contributed by atoms with van der Waals surface area (Å²) in [5.74, 6) is 0. The van der Waals surface area contributed by atoms with Gasteiger partial charge in [0.05, 0.1) is 0 Å². The van der Waals surface area contributed by atoms with Crippen molar-refractivity contribution in [3.63, 3.8) is 0 Å². The van der Waals surface area contributed by atoms with Crippen LogP contribution >= 0.6 is 0 Å². The Morgan fingerprint density at radius 1 is 1.12 bits per heavy atom. The minimum absolute atomic E-state index is 0.00484. The fourth-order valence-corrected chi connectivity index (χ4v) is 2.84. The molecule has 17 heavy (non-hydrogen) atoms. The van der Waals surface area contributed by atoms with Gasteiger partial charge in [-0.1, -0.05) is 20.3 Å². The second kappa shape index (κ2) is 4.77. The summed E-state index contributed by atoms with van der Waals surface area (Å²) in [5, 5.41) is 0. The van der Waals surface area contributed by atoms with Crippen molar-refractivity contribution in [1.29, 1.82) is 0 Å². The van der Waals surface area contributed by atoms with Crippen molar-refractivity contribution in [2.75, 3.05) is 0 Å². The van der Waals surface area contributed by atoms with Crippen molar-refractivity contribution in [3.05, 3.63) is 30.1 Å². The van der Waals surface area contributed by atoms with Crippen LogP contribution in [0.4, 0.5) is 0 Å². The summed E-state index contributed by atoms with van der Waals surface area (Å²) >= 11 is 0. The molecule has 1 aromatic rings. The lowest BCUT2D eigenvalue weighted by Gasteiger charge is -2.29. The number of nitrogens with two attached hydrogens (primary N) is 1. The Labute approximate surface area is 105 Å². The zero-order chi connectivity index (χ0) is 12.4. The van der Waals surface area contributed by atoms with Crippen molar-refractivity contribution in [2.45, 2.75) is 57.9 Å². The molecule has 0 amide bonds. The molecule has 1 unspecified atom stereocenters. The summed E-state index contributed by atoms with van der Waals surface area (Å²) in [4.78, 5) is 4.06. The quantitative estimate of drug-likeness (QED) is 0.794. The second-order valence-corrected chi connectivity index (χ2v) is 6.41. The number of rotatable bonds is 2. The summed E-state index contributed by atoms with van der Waals surface area (Å²) < 4.78 is 0.